The van der Waals surface area contributed by atoms with Crippen LogP contribution in [0.5, 0.6) is 0 Å². The highest BCUT2D eigenvalue weighted by Gasteiger charge is 2.39. The lowest BCUT2D eigenvalue weighted by molar-refractivity contribution is -0.124. The maximum absolute atomic E-state index is 12.1. The fourth-order valence-electron chi connectivity index (χ4n) is 2.11. The van der Waals surface area contributed by atoms with Crippen molar-refractivity contribution >= 4 is 11.7 Å². The van der Waals surface area contributed by atoms with Gasteiger partial charge in [0, 0.05) is 0 Å². The van der Waals surface area contributed by atoms with Crippen LogP contribution in [-0.4, -0.2) is 11.7 Å². The minimum absolute atomic E-state index is 0.0897. The highest BCUT2D eigenvalue weighted by Crippen LogP contribution is 2.33. The van der Waals surface area contributed by atoms with Gasteiger partial charge in [-0.25, -0.2) is 0 Å². The summed E-state index contributed by atoms with van der Waals surface area (Å²) in [6.07, 6.45) is 4.16. The first-order valence-corrected chi connectivity index (χ1v) is 5.87. The van der Waals surface area contributed by atoms with Crippen molar-refractivity contribution in [2.75, 3.05) is 0 Å². The summed E-state index contributed by atoms with van der Waals surface area (Å²) < 4.78 is 0. The molecule has 1 unspecified atom stereocenters. The van der Waals surface area contributed by atoms with E-state index in [1.165, 1.54) is 0 Å². The Morgan fingerprint density at radius 3 is 2.47 bits per heavy atom. The first-order valence-electron chi connectivity index (χ1n) is 5.87. The zero-order valence-electron chi connectivity index (χ0n) is 9.35. The molecule has 3 heteroatoms. The van der Waals surface area contributed by atoms with Gasteiger partial charge in [0.1, 0.15) is 5.92 Å². The third kappa shape index (κ3) is 1.88. The molecular formula is C14H13NO2. The topological polar surface area (TPSA) is 46.2 Å². The van der Waals surface area contributed by atoms with E-state index < -0.39 is 5.92 Å². The Hall–Kier alpha value is -1.90. The van der Waals surface area contributed by atoms with Gasteiger partial charge in [-0.15, -0.1) is 0 Å². The van der Waals surface area contributed by atoms with Crippen LogP contribution in [0, 0.1) is 5.92 Å². The Morgan fingerprint density at radius 1 is 1.12 bits per heavy atom. The fraction of sp³-hybridized carbons (Fsp3) is 0.286. The smallest absolute Gasteiger partial charge is 0.239 e. The molecule has 86 valence electrons. The van der Waals surface area contributed by atoms with Gasteiger partial charge in [0.25, 0.3) is 0 Å². The molecule has 2 aliphatic rings. The van der Waals surface area contributed by atoms with Crippen LogP contribution >= 0.6 is 0 Å². The lowest BCUT2D eigenvalue weighted by Crippen LogP contribution is -2.17. The van der Waals surface area contributed by atoms with Crippen molar-refractivity contribution in [1.82, 2.24) is 5.32 Å². The Morgan fingerprint density at radius 2 is 1.82 bits per heavy atom. The number of amides is 1. The Kier molecular flexibility index (Phi) is 2.32. The van der Waals surface area contributed by atoms with E-state index in [-0.39, 0.29) is 11.7 Å². The molecule has 1 N–H and O–H groups in total. The molecule has 1 saturated heterocycles. The second kappa shape index (κ2) is 3.84. The molecule has 0 radical (unpaired) electrons. The number of carbonyl (C=O) groups is 2. The molecule has 1 aliphatic carbocycles. The summed E-state index contributed by atoms with van der Waals surface area (Å²) in [5.41, 5.74) is 1.26. The second-order valence-electron chi connectivity index (χ2n) is 4.61. The molecule has 0 aromatic heterocycles. The summed E-state index contributed by atoms with van der Waals surface area (Å²) in [5.74, 6) is -0.453. The van der Waals surface area contributed by atoms with Gasteiger partial charge in [0.15, 0.2) is 5.78 Å². The number of allylic oxidation sites excluding steroid dienone is 2. The molecule has 17 heavy (non-hydrogen) atoms. The number of carbonyl (C=O) groups excluding carboxylic acids is 2. The van der Waals surface area contributed by atoms with Gasteiger partial charge in [-0.2, -0.15) is 0 Å². The molecule has 1 heterocycles. The van der Waals surface area contributed by atoms with E-state index in [2.05, 4.69) is 5.32 Å². The summed E-state index contributed by atoms with van der Waals surface area (Å²) in [5, 5.41) is 2.70. The minimum atomic E-state index is -0.652. The lowest BCUT2D eigenvalue weighted by atomic mass is 9.96. The normalized spacial score (nSPS) is 26.4. The lowest BCUT2D eigenvalue weighted by Gasteiger charge is -2.03. The van der Waals surface area contributed by atoms with Crippen molar-refractivity contribution in [3.8, 4) is 0 Å². The van der Waals surface area contributed by atoms with Gasteiger partial charge < -0.3 is 5.32 Å². The summed E-state index contributed by atoms with van der Waals surface area (Å²) in [7, 11) is 0. The zero-order chi connectivity index (χ0) is 11.8. The van der Waals surface area contributed by atoms with Crippen LogP contribution in [0.3, 0.4) is 0 Å². The van der Waals surface area contributed by atoms with E-state index in [1.54, 1.807) is 0 Å². The monoisotopic (exact) mass is 227 g/mol. The number of hydrogen-bond acceptors (Lipinski definition) is 2. The number of benzene rings is 1. The minimum Gasteiger partial charge on any atom is -0.322 e. The molecule has 3 nitrogen and oxygen atoms in total. The van der Waals surface area contributed by atoms with Crippen LogP contribution in [0.2, 0.25) is 0 Å². The van der Waals surface area contributed by atoms with Gasteiger partial charge in [-0.05, 0) is 24.3 Å². The summed E-state index contributed by atoms with van der Waals surface area (Å²) in [6.45, 7) is 0. The molecule has 1 aromatic carbocycles. The number of ketones is 1. The summed E-state index contributed by atoms with van der Waals surface area (Å²) >= 11 is 0. The van der Waals surface area contributed by atoms with E-state index in [9.17, 15) is 9.59 Å². The molecule has 1 aromatic rings. The van der Waals surface area contributed by atoms with E-state index >= 15 is 0 Å². The van der Waals surface area contributed by atoms with Crippen molar-refractivity contribution in [2.24, 2.45) is 5.92 Å². The predicted octanol–water partition coefficient (Wildman–Crippen LogP) is 1.76. The molecule has 1 aliphatic heterocycles. The first-order chi connectivity index (χ1) is 8.25. The third-order valence-electron chi connectivity index (χ3n) is 3.20. The second-order valence-corrected chi connectivity index (χ2v) is 4.61. The van der Waals surface area contributed by atoms with Crippen LogP contribution in [-0.2, 0) is 9.59 Å². The maximum Gasteiger partial charge on any atom is 0.239 e. The van der Waals surface area contributed by atoms with Crippen LogP contribution in [0.4, 0.5) is 0 Å². The number of Topliss-reactive ketones (excluding diaryl/α,β-unsaturated/α-hetero) is 1. The number of nitrogens with one attached hydrogen (secondary N) is 1. The van der Waals surface area contributed by atoms with E-state index in [4.69, 9.17) is 0 Å². The third-order valence-corrected chi connectivity index (χ3v) is 3.20. The van der Waals surface area contributed by atoms with Crippen molar-refractivity contribution in [2.45, 2.75) is 18.8 Å². The van der Waals surface area contributed by atoms with Gasteiger partial charge in [-0.3, -0.25) is 9.59 Å². The van der Waals surface area contributed by atoms with Crippen LogP contribution < -0.4 is 5.32 Å². The molecule has 1 saturated carbocycles. The summed E-state index contributed by atoms with van der Waals surface area (Å²) in [4.78, 5) is 24.0. The van der Waals surface area contributed by atoms with Gasteiger partial charge in [0.2, 0.25) is 5.91 Å². The summed E-state index contributed by atoms with van der Waals surface area (Å²) in [6, 6.07) is 9.21. The molecule has 0 spiro atoms. The Balaban J connectivity index is 1.91. The van der Waals surface area contributed by atoms with Crippen molar-refractivity contribution < 1.29 is 9.59 Å². The van der Waals surface area contributed by atoms with E-state index in [1.807, 2.05) is 36.4 Å². The largest absolute Gasteiger partial charge is 0.322 e. The molecule has 1 amide bonds. The van der Waals surface area contributed by atoms with Crippen molar-refractivity contribution in [1.29, 1.82) is 0 Å². The van der Waals surface area contributed by atoms with Gasteiger partial charge >= 0.3 is 0 Å². The highest BCUT2D eigenvalue weighted by molar-refractivity contribution is 6.21. The molecular weight excluding hydrogens is 214 g/mol. The quantitative estimate of drug-likeness (QED) is 0.618. The highest BCUT2D eigenvalue weighted by atomic mass is 16.2. The Labute approximate surface area is 99.5 Å². The van der Waals surface area contributed by atoms with Crippen LogP contribution in [0.1, 0.15) is 24.3 Å². The van der Waals surface area contributed by atoms with Crippen molar-refractivity contribution in [3.05, 3.63) is 47.7 Å². The fourth-order valence-corrected chi connectivity index (χ4v) is 2.11. The Bertz CT molecular complexity index is 500. The molecule has 0 bridgehead atoms. The van der Waals surface area contributed by atoms with Crippen LogP contribution in [0.25, 0.3) is 0 Å². The zero-order valence-corrected chi connectivity index (χ0v) is 9.35. The first kappa shape index (κ1) is 10.3. The average Bonchev–Trinajstić information content (AvgIpc) is 3.09. The van der Waals surface area contributed by atoms with E-state index in [0.29, 0.717) is 11.6 Å². The molecule has 1 atom stereocenters. The SMILES string of the molecule is O=C1NC(=CC2CC2)C(=O)C1c1ccccc1. The standard InChI is InChI=1S/C14H13NO2/c16-13-11(8-9-6-7-9)15-14(17)12(13)10-4-2-1-3-5-10/h1-5,8-9,12H,6-7H2,(H,15,17). The van der Waals surface area contributed by atoms with Crippen molar-refractivity contribution in [3.63, 3.8) is 0 Å². The number of hydrogen-bond donors (Lipinski definition) is 1. The van der Waals surface area contributed by atoms with Gasteiger partial charge in [-0.1, -0.05) is 36.4 Å². The van der Waals surface area contributed by atoms with Gasteiger partial charge in [0.05, 0.1) is 5.70 Å². The number of rotatable bonds is 2. The molecule has 2 fully saturated rings. The van der Waals surface area contributed by atoms with Crippen LogP contribution in [0.15, 0.2) is 42.1 Å². The maximum atomic E-state index is 12.1. The average molecular weight is 227 g/mol. The molecule has 3 rings (SSSR count). The predicted molar refractivity (Wildman–Crippen MR) is 63.1 cm³/mol. The van der Waals surface area contributed by atoms with E-state index in [0.717, 1.165) is 18.4 Å².